The predicted molar refractivity (Wildman–Crippen MR) is 91.5 cm³/mol. The lowest BCUT2D eigenvalue weighted by Gasteiger charge is -2.47. The van der Waals surface area contributed by atoms with Crippen molar-refractivity contribution in [1.29, 1.82) is 0 Å². The fourth-order valence-electron chi connectivity index (χ4n) is 3.68. The van der Waals surface area contributed by atoms with Gasteiger partial charge in [0.2, 0.25) is 0 Å². The van der Waals surface area contributed by atoms with Crippen molar-refractivity contribution in [2.45, 2.75) is 65.1 Å². The van der Waals surface area contributed by atoms with E-state index in [0.717, 1.165) is 25.0 Å². The summed E-state index contributed by atoms with van der Waals surface area (Å²) in [6, 6.07) is 12.8. The van der Waals surface area contributed by atoms with E-state index in [1.54, 1.807) is 0 Å². The van der Waals surface area contributed by atoms with Gasteiger partial charge in [0.25, 0.3) is 0 Å². The van der Waals surface area contributed by atoms with Gasteiger partial charge < -0.3 is 5.32 Å². The van der Waals surface area contributed by atoms with Crippen LogP contribution in [0.1, 0.15) is 58.6 Å². The van der Waals surface area contributed by atoms with E-state index in [-0.39, 0.29) is 0 Å². The molecule has 1 saturated heterocycles. The van der Waals surface area contributed by atoms with Gasteiger partial charge in [-0.15, -0.1) is 0 Å². The largest absolute Gasteiger partial charge is 0.307 e. The highest BCUT2D eigenvalue weighted by Crippen LogP contribution is 2.28. The minimum Gasteiger partial charge on any atom is -0.307 e. The third-order valence-electron chi connectivity index (χ3n) is 5.31. The first-order chi connectivity index (χ1) is 10.2. The molecule has 1 heterocycles. The second-order valence-electron chi connectivity index (χ2n) is 6.49. The van der Waals surface area contributed by atoms with Gasteiger partial charge in [0.05, 0.1) is 0 Å². The van der Waals surface area contributed by atoms with Crippen LogP contribution in [0.5, 0.6) is 0 Å². The molecule has 21 heavy (non-hydrogen) atoms. The van der Waals surface area contributed by atoms with E-state index in [4.69, 9.17) is 0 Å². The van der Waals surface area contributed by atoms with Crippen molar-refractivity contribution in [3.63, 3.8) is 0 Å². The molecule has 1 aromatic carbocycles. The summed E-state index contributed by atoms with van der Waals surface area (Å²) in [5, 5.41) is 3.79. The Morgan fingerprint density at radius 1 is 1.10 bits per heavy atom. The Hall–Kier alpha value is -0.860. The maximum absolute atomic E-state index is 3.79. The summed E-state index contributed by atoms with van der Waals surface area (Å²) in [4.78, 5) is 2.79. The summed E-state index contributed by atoms with van der Waals surface area (Å²) in [6.07, 6.45) is 3.77. The average Bonchev–Trinajstić information content (AvgIpc) is 2.56. The van der Waals surface area contributed by atoms with E-state index in [1.807, 2.05) is 0 Å². The normalized spacial score (nSPS) is 25.2. The van der Waals surface area contributed by atoms with Gasteiger partial charge >= 0.3 is 0 Å². The van der Waals surface area contributed by atoms with Crippen LogP contribution < -0.4 is 5.32 Å². The molecule has 1 aliphatic rings. The second kappa shape index (κ2) is 7.95. The van der Waals surface area contributed by atoms with Gasteiger partial charge in [-0.25, -0.2) is 0 Å². The lowest BCUT2D eigenvalue weighted by Crippen LogP contribution is -2.58. The zero-order valence-electron chi connectivity index (χ0n) is 14.2. The Morgan fingerprint density at radius 2 is 1.76 bits per heavy atom. The van der Waals surface area contributed by atoms with E-state index < -0.39 is 0 Å². The molecule has 2 heteroatoms. The number of hydrogen-bond donors (Lipinski definition) is 1. The fourth-order valence-corrected chi connectivity index (χ4v) is 3.68. The Bertz CT molecular complexity index is 399. The minimum atomic E-state index is 0.479. The van der Waals surface area contributed by atoms with Crippen LogP contribution in [0.25, 0.3) is 0 Å². The standard InChI is InChI=1S/C19H32N2/c1-5-15(4)19-13-20-18(16-11-9-8-10-12-16)14-21(19)17(6-2)7-3/h8-12,15,17-20H,5-7,13-14H2,1-4H3. The predicted octanol–water partition coefficient (Wildman–Crippen LogP) is 4.24. The van der Waals surface area contributed by atoms with Gasteiger partial charge in [-0.2, -0.15) is 0 Å². The van der Waals surface area contributed by atoms with Gasteiger partial charge in [0.1, 0.15) is 0 Å². The second-order valence-corrected chi connectivity index (χ2v) is 6.49. The molecule has 0 aromatic heterocycles. The molecule has 1 fully saturated rings. The first-order valence-corrected chi connectivity index (χ1v) is 8.75. The van der Waals surface area contributed by atoms with Gasteiger partial charge in [0, 0.05) is 31.2 Å². The highest BCUT2D eigenvalue weighted by molar-refractivity contribution is 5.20. The molecule has 1 aromatic rings. The van der Waals surface area contributed by atoms with Crippen molar-refractivity contribution in [2.75, 3.05) is 13.1 Å². The van der Waals surface area contributed by atoms with Gasteiger partial charge in [-0.05, 0) is 24.3 Å². The molecular weight excluding hydrogens is 256 g/mol. The smallest absolute Gasteiger partial charge is 0.0450 e. The number of benzene rings is 1. The Labute approximate surface area is 130 Å². The van der Waals surface area contributed by atoms with Crippen molar-refractivity contribution in [3.8, 4) is 0 Å². The molecule has 2 nitrogen and oxygen atoms in total. The molecule has 118 valence electrons. The Morgan fingerprint density at radius 3 is 2.33 bits per heavy atom. The molecule has 0 radical (unpaired) electrons. The quantitative estimate of drug-likeness (QED) is 0.842. The number of rotatable bonds is 6. The lowest BCUT2D eigenvalue weighted by molar-refractivity contribution is 0.0461. The van der Waals surface area contributed by atoms with Crippen molar-refractivity contribution >= 4 is 0 Å². The summed E-state index contributed by atoms with van der Waals surface area (Å²) in [5.74, 6) is 0.759. The highest BCUT2D eigenvalue weighted by Gasteiger charge is 2.34. The SMILES string of the molecule is CCC(C)C1CNC(c2ccccc2)CN1C(CC)CC. The van der Waals surface area contributed by atoms with E-state index in [0.29, 0.717) is 12.1 Å². The topological polar surface area (TPSA) is 15.3 Å². The summed E-state index contributed by atoms with van der Waals surface area (Å²) in [6.45, 7) is 11.7. The zero-order chi connectivity index (χ0) is 15.2. The molecule has 0 spiro atoms. The average molecular weight is 288 g/mol. The lowest BCUT2D eigenvalue weighted by atomic mass is 9.90. The number of hydrogen-bond acceptors (Lipinski definition) is 2. The molecule has 0 saturated carbocycles. The summed E-state index contributed by atoms with van der Waals surface area (Å²) < 4.78 is 0. The van der Waals surface area contributed by atoms with Crippen molar-refractivity contribution in [1.82, 2.24) is 10.2 Å². The molecule has 0 bridgehead atoms. The molecule has 1 aliphatic heterocycles. The summed E-state index contributed by atoms with van der Waals surface area (Å²) >= 11 is 0. The van der Waals surface area contributed by atoms with Crippen LogP contribution >= 0.6 is 0 Å². The third kappa shape index (κ3) is 3.87. The van der Waals surface area contributed by atoms with E-state index >= 15 is 0 Å². The molecule has 2 rings (SSSR count). The highest BCUT2D eigenvalue weighted by atomic mass is 15.3. The van der Waals surface area contributed by atoms with Crippen LogP contribution in [0, 0.1) is 5.92 Å². The van der Waals surface area contributed by atoms with Crippen molar-refractivity contribution in [3.05, 3.63) is 35.9 Å². The number of piperazine rings is 1. The zero-order valence-corrected chi connectivity index (χ0v) is 14.2. The van der Waals surface area contributed by atoms with E-state index in [9.17, 15) is 0 Å². The van der Waals surface area contributed by atoms with Crippen LogP contribution in [0.15, 0.2) is 30.3 Å². The molecule has 0 aliphatic carbocycles. The third-order valence-corrected chi connectivity index (χ3v) is 5.31. The first kappa shape index (κ1) is 16.5. The molecular formula is C19H32N2. The van der Waals surface area contributed by atoms with Crippen molar-refractivity contribution in [2.24, 2.45) is 5.92 Å². The van der Waals surface area contributed by atoms with Gasteiger partial charge in [-0.1, -0.05) is 64.4 Å². The maximum Gasteiger partial charge on any atom is 0.0450 e. The molecule has 3 unspecified atom stereocenters. The number of nitrogens with zero attached hydrogens (tertiary/aromatic N) is 1. The molecule has 0 amide bonds. The summed E-state index contributed by atoms with van der Waals surface area (Å²) in [7, 11) is 0. The first-order valence-electron chi connectivity index (χ1n) is 8.75. The van der Waals surface area contributed by atoms with E-state index in [2.05, 4.69) is 68.2 Å². The number of nitrogens with one attached hydrogen (secondary N) is 1. The van der Waals surface area contributed by atoms with E-state index in [1.165, 1.54) is 24.8 Å². The van der Waals surface area contributed by atoms with Crippen LogP contribution in [0.4, 0.5) is 0 Å². The van der Waals surface area contributed by atoms with Crippen LogP contribution in [0.2, 0.25) is 0 Å². The molecule has 3 atom stereocenters. The van der Waals surface area contributed by atoms with Crippen LogP contribution in [0.3, 0.4) is 0 Å². The van der Waals surface area contributed by atoms with Crippen molar-refractivity contribution < 1.29 is 0 Å². The Balaban J connectivity index is 2.16. The van der Waals surface area contributed by atoms with Gasteiger partial charge in [-0.3, -0.25) is 4.90 Å². The molecule has 1 N–H and O–H groups in total. The Kier molecular flexibility index (Phi) is 6.25. The van der Waals surface area contributed by atoms with Crippen LogP contribution in [-0.4, -0.2) is 30.1 Å². The monoisotopic (exact) mass is 288 g/mol. The summed E-state index contributed by atoms with van der Waals surface area (Å²) in [5.41, 5.74) is 1.43. The maximum atomic E-state index is 3.79. The van der Waals surface area contributed by atoms with Crippen LogP contribution in [-0.2, 0) is 0 Å². The minimum absolute atomic E-state index is 0.479. The van der Waals surface area contributed by atoms with Gasteiger partial charge in [0.15, 0.2) is 0 Å². The fraction of sp³-hybridized carbons (Fsp3) is 0.684.